The summed E-state index contributed by atoms with van der Waals surface area (Å²) in [4.78, 5) is 12.0. The first-order valence-corrected chi connectivity index (χ1v) is 6.08. The lowest BCUT2D eigenvalue weighted by atomic mass is 10.2. The Morgan fingerprint density at radius 3 is 2.68 bits per heavy atom. The minimum atomic E-state index is -0.631. The molecule has 1 heterocycles. The zero-order valence-electron chi connectivity index (χ0n) is 9.57. The van der Waals surface area contributed by atoms with E-state index < -0.39 is 17.2 Å². The van der Waals surface area contributed by atoms with Crippen LogP contribution in [0.3, 0.4) is 0 Å². The van der Waals surface area contributed by atoms with Crippen LogP contribution >= 0.6 is 11.3 Å². The number of benzene rings is 1. The Balaban J connectivity index is 2.08. The molecule has 0 unspecified atom stereocenters. The second-order valence-corrected chi connectivity index (χ2v) is 4.50. The van der Waals surface area contributed by atoms with Gasteiger partial charge in [-0.2, -0.15) is 5.10 Å². The Bertz CT molecular complexity index is 623. The van der Waals surface area contributed by atoms with Crippen LogP contribution in [-0.4, -0.2) is 27.4 Å². The highest BCUT2D eigenvalue weighted by molar-refractivity contribution is 7.12. The van der Waals surface area contributed by atoms with Gasteiger partial charge in [0.1, 0.15) is 0 Å². The fraction of sp³-hybridized carbons (Fsp3) is 0. The van der Waals surface area contributed by atoms with Crippen molar-refractivity contribution in [3.8, 4) is 17.2 Å². The third-order valence-electron chi connectivity index (χ3n) is 2.28. The van der Waals surface area contributed by atoms with Crippen LogP contribution in [-0.2, 0) is 0 Å². The SMILES string of the molecule is O=C(N/N=C\c1ccc(O)c(O)c1O)c1cccs1. The summed E-state index contributed by atoms with van der Waals surface area (Å²) in [5.41, 5.74) is 2.45. The third-order valence-corrected chi connectivity index (χ3v) is 3.14. The van der Waals surface area contributed by atoms with Crippen LogP contribution in [0.15, 0.2) is 34.7 Å². The number of phenols is 3. The van der Waals surface area contributed by atoms with Gasteiger partial charge in [-0.25, -0.2) is 5.43 Å². The first kappa shape index (κ1) is 12.9. The second-order valence-electron chi connectivity index (χ2n) is 3.55. The van der Waals surface area contributed by atoms with Crippen molar-refractivity contribution in [2.24, 2.45) is 5.10 Å². The Morgan fingerprint density at radius 1 is 1.21 bits per heavy atom. The molecule has 98 valence electrons. The molecular weight excluding hydrogens is 268 g/mol. The number of hydrogen-bond acceptors (Lipinski definition) is 6. The number of nitrogens with one attached hydrogen (secondary N) is 1. The van der Waals surface area contributed by atoms with Gasteiger partial charge < -0.3 is 15.3 Å². The van der Waals surface area contributed by atoms with Gasteiger partial charge >= 0.3 is 0 Å². The quantitative estimate of drug-likeness (QED) is 0.389. The van der Waals surface area contributed by atoms with Gasteiger partial charge in [0.25, 0.3) is 5.91 Å². The molecule has 7 heteroatoms. The van der Waals surface area contributed by atoms with Crippen LogP contribution in [0.2, 0.25) is 0 Å². The van der Waals surface area contributed by atoms with E-state index in [1.54, 1.807) is 17.5 Å². The maximum atomic E-state index is 11.5. The molecule has 0 spiro atoms. The number of aromatic hydroxyl groups is 3. The van der Waals surface area contributed by atoms with E-state index in [9.17, 15) is 15.0 Å². The number of rotatable bonds is 3. The number of hydrazone groups is 1. The number of hydrogen-bond donors (Lipinski definition) is 4. The van der Waals surface area contributed by atoms with Crippen molar-refractivity contribution in [1.82, 2.24) is 5.43 Å². The zero-order chi connectivity index (χ0) is 13.8. The maximum absolute atomic E-state index is 11.5. The molecule has 0 aliphatic heterocycles. The molecule has 19 heavy (non-hydrogen) atoms. The molecule has 0 atom stereocenters. The molecule has 0 radical (unpaired) electrons. The summed E-state index contributed by atoms with van der Waals surface area (Å²) in [6.45, 7) is 0. The van der Waals surface area contributed by atoms with Crippen molar-refractivity contribution in [1.29, 1.82) is 0 Å². The van der Waals surface area contributed by atoms with E-state index in [0.717, 1.165) is 0 Å². The van der Waals surface area contributed by atoms with Crippen molar-refractivity contribution < 1.29 is 20.1 Å². The summed E-state index contributed by atoms with van der Waals surface area (Å²) in [6.07, 6.45) is 1.17. The molecular formula is C12H10N2O4S. The highest BCUT2D eigenvalue weighted by Gasteiger charge is 2.09. The predicted molar refractivity (Wildman–Crippen MR) is 70.8 cm³/mol. The number of amides is 1. The van der Waals surface area contributed by atoms with Gasteiger partial charge in [0.2, 0.25) is 5.75 Å². The molecule has 4 N–H and O–H groups in total. The molecule has 1 aromatic heterocycles. The largest absolute Gasteiger partial charge is 0.504 e. The maximum Gasteiger partial charge on any atom is 0.281 e. The molecule has 0 saturated carbocycles. The van der Waals surface area contributed by atoms with Gasteiger partial charge in [0, 0.05) is 5.56 Å². The van der Waals surface area contributed by atoms with Crippen LogP contribution < -0.4 is 5.43 Å². The smallest absolute Gasteiger partial charge is 0.281 e. The fourth-order valence-corrected chi connectivity index (χ4v) is 1.93. The number of phenolic OH excluding ortho intramolecular Hbond substituents is 3. The highest BCUT2D eigenvalue weighted by atomic mass is 32.1. The average molecular weight is 278 g/mol. The third kappa shape index (κ3) is 2.83. The van der Waals surface area contributed by atoms with Crippen LogP contribution in [0.4, 0.5) is 0 Å². The van der Waals surface area contributed by atoms with Gasteiger partial charge in [-0.1, -0.05) is 6.07 Å². The monoisotopic (exact) mass is 278 g/mol. The summed E-state index contributed by atoms with van der Waals surface area (Å²) < 4.78 is 0. The molecule has 2 rings (SSSR count). The molecule has 0 saturated heterocycles. The van der Waals surface area contributed by atoms with Gasteiger partial charge in [-0.05, 0) is 23.6 Å². The van der Waals surface area contributed by atoms with Crippen LogP contribution in [0.25, 0.3) is 0 Å². The number of carbonyl (C=O) groups is 1. The lowest BCUT2D eigenvalue weighted by Gasteiger charge is -2.03. The van der Waals surface area contributed by atoms with Gasteiger partial charge in [-0.15, -0.1) is 11.3 Å². The lowest BCUT2D eigenvalue weighted by molar-refractivity contribution is 0.0959. The number of thiophene rings is 1. The van der Waals surface area contributed by atoms with E-state index in [0.29, 0.717) is 4.88 Å². The molecule has 6 nitrogen and oxygen atoms in total. The van der Waals surface area contributed by atoms with Crippen LogP contribution in [0.1, 0.15) is 15.2 Å². The Hall–Kier alpha value is -2.54. The van der Waals surface area contributed by atoms with E-state index >= 15 is 0 Å². The average Bonchev–Trinajstić information content (AvgIpc) is 2.92. The van der Waals surface area contributed by atoms with Crippen molar-refractivity contribution in [3.63, 3.8) is 0 Å². The van der Waals surface area contributed by atoms with E-state index in [-0.39, 0.29) is 11.5 Å². The van der Waals surface area contributed by atoms with E-state index in [4.69, 9.17) is 5.11 Å². The van der Waals surface area contributed by atoms with Crippen LogP contribution in [0.5, 0.6) is 17.2 Å². The second kappa shape index (κ2) is 5.40. The molecule has 0 fully saturated rings. The molecule has 1 aromatic carbocycles. The predicted octanol–water partition coefficient (Wildman–Crippen LogP) is 1.63. The number of carbonyl (C=O) groups excluding carboxylic acids is 1. The lowest BCUT2D eigenvalue weighted by Crippen LogP contribution is -2.16. The van der Waals surface area contributed by atoms with Crippen molar-refractivity contribution in [3.05, 3.63) is 40.1 Å². The molecule has 2 aromatic rings. The van der Waals surface area contributed by atoms with E-state index in [1.165, 1.54) is 29.7 Å². The zero-order valence-corrected chi connectivity index (χ0v) is 10.4. The summed E-state index contributed by atoms with van der Waals surface area (Å²) in [5.74, 6) is -1.94. The van der Waals surface area contributed by atoms with Gasteiger partial charge in [-0.3, -0.25) is 4.79 Å². The highest BCUT2D eigenvalue weighted by Crippen LogP contribution is 2.36. The van der Waals surface area contributed by atoms with Crippen molar-refractivity contribution in [2.45, 2.75) is 0 Å². The summed E-state index contributed by atoms with van der Waals surface area (Å²) in [7, 11) is 0. The Morgan fingerprint density at radius 2 is 2.00 bits per heavy atom. The fourth-order valence-electron chi connectivity index (χ4n) is 1.31. The molecule has 0 aliphatic carbocycles. The number of nitrogens with zero attached hydrogens (tertiary/aromatic N) is 1. The molecule has 0 aliphatic rings. The van der Waals surface area contributed by atoms with Gasteiger partial charge in [0.05, 0.1) is 11.1 Å². The van der Waals surface area contributed by atoms with E-state index in [1.807, 2.05) is 0 Å². The Kier molecular flexibility index (Phi) is 3.67. The first-order valence-electron chi connectivity index (χ1n) is 5.20. The minimum Gasteiger partial charge on any atom is -0.504 e. The Labute approximate surface area is 112 Å². The van der Waals surface area contributed by atoms with Gasteiger partial charge in [0.15, 0.2) is 11.5 Å². The van der Waals surface area contributed by atoms with Crippen LogP contribution in [0, 0.1) is 0 Å². The summed E-state index contributed by atoms with van der Waals surface area (Å²) in [6, 6.07) is 5.95. The summed E-state index contributed by atoms with van der Waals surface area (Å²) >= 11 is 1.28. The minimum absolute atomic E-state index is 0.168. The van der Waals surface area contributed by atoms with Crippen molar-refractivity contribution >= 4 is 23.5 Å². The standard InChI is InChI=1S/C12H10N2O4S/c15-8-4-3-7(10(16)11(8)17)6-13-14-12(18)9-2-1-5-19-9/h1-6,15-17H,(H,14,18)/b13-6-. The normalized spacial score (nSPS) is 10.7. The molecule has 0 bridgehead atoms. The summed E-state index contributed by atoms with van der Waals surface area (Å²) in [5, 5.41) is 33.4. The first-order chi connectivity index (χ1) is 9.09. The molecule has 1 amide bonds. The topological polar surface area (TPSA) is 102 Å². The van der Waals surface area contributed by atoms with Crippen molar-refractivity contribution in [2.75, 3.05) is 0 Å². The van der Waals surface area contributed by atoms with E-state index in [2.05, 4.69) is 10.5 Å².